The molecule has 1 aromatic heterocycles. The average Bonchev–Trinajstić information content (AvgIpc) is 2.74. The summed E-state index contributed by atoms with van der Waals surface area (Å²) in [7, 11) is 0. The second-order valence-electron chi connectivity index (χ2n) is 6.34. The highest BCUT2D eigenvalue weighted by atomic mass is 35.5. The van der Waals surface area contributed by atoms with Crippen LogP contribution in [0.2, 0.25) is 15.1 Å². The maximum absolute atomic E-state index is 13.0. The number of rotatable bonds is 7. The quantitative estimate of drug-likeness (QED) is 0.312. The molecule has 0 spiro atoms. The maximum atomic E-state index is 13.0. The number of amides is 1. The summed E-state index contributed by atoms with van der Waals surface area (Å²) in [5.74, 6) is -0.405. The Morgan fingerprint density at radius 3 is 2.45 bits per heavy atom. The number of halogens is 6. The Labute approximate surface area is 200 Å². The van der Waals surface area contributed by atoms with Crippen LogP contribution in [0, 0.1) is 0 Å². The number of anilines is 4. The largest absolute Gasteiger partial charge is 0.482 e. The first-order valence-electron chi connectivity index (χ1n) is 8.91. The summed E-state index contributed by atoms with van der Waals surface area (Å²) in [6.45, 7) is -0.399. The van der Waals surface area contributed by atoms with Gasteiger partial charge < -0.3 is 15.8 Å². The number of hydrogen-bond acceptors (Lipinski definition) is 7. The molecule has 14 heteroatoms. The van der Waals surface area contributed by atoms with E-state index in [9.17, 15) is 18.0 Å². The third-order valence-electron chi connectivity index (χ3n) is 4.00. The smallest absolute Gasteiger partial charge is 0.416 e. The minimum atomic E-state index is -4.56. The van der Waals surface area contributed by atoms with Crippen LogP contribution in [0.15, 0.2) is 42.7 Å². The summed E-state index contributed by atoms with van der Waals surface area (Å²) < 4.78 is 44.2. The number of carbonyl (C=O) groups excluding carboxylic acids is 1. The lowest BCUT2D eigenvalue weighted by molar-refractivity contribution is -0.137. The predicted molar refractivity (Wildman–Crippen MR) is 120 cm³/mol. The summed E-state index contributed by atoms with van der Waals surface area (Å²) in [5, 5.41) is 3.28. The van der Waals surface area contributed by atoms with Crippen molar-refractivity contribution in [1.29, 1.82) is 0 Å². The number of nitrogens with zero attached hydrogens (tertiary/aromatic N) is 2. The first kappa shape index (κ1) is 24.5. The molecular weight excluding hydrogens is 508 g/mol. The number of aromatic nitrogens is 2. The molecule has 0 unspecified atom stereocenters. The van der Waals surface area contributed by atoms with Gasteiger partial charge in [-0.25, -0.2) is 9.97 Å². The molecule has 0 atom stereocenters. The number of hydrazine groups is 1. The Kier molecular flexibility index (Phi) is 7.57. The summed E-state index contributed by atoms with van der Waals surface area (Å²) in [6, 6.07) is 7.27. The van der Waals surface area contributed by atoms with Crippen LogP contribution >= 0.6 is 34.8 Å². The van der Waals surface area contributed by atoms with Gasteiger partial charge in [0.15, 0.2) is 18.2 Å². The summed E-state index contributed by atoms with van der Waals surface area (Å²) in [4.78, 5) is 19.8. The zero-order valence-corrected chi connectivity index (χ0v) is 18.6. The van der Waals surface area contributed by atoms with Gasteiger partial charge in [-0.15, -0.1) is 0 Å². The van der Waals surface area contributed by atoms with Crippen LogP contribution in [0.3, 0.4) is 0 Å². The molecule has 3 rings (SSSR count). The van der Waals surface area contributed by atoms with Gasteiger partial charge in [-0.1, -0.05) is 34.8 Å². The molecule has 8 nitrogen and oxygen atoms in total. The highest BCUT2D eigenvalue weighted by Crippen LogP contribution is 2.36. The second kappa shape index (κ2) is 10.2. The van der Waals surface area contributed by atoms with Crippen LogP contribution < -0.4 is 26.6 Å². The Morgan fingerprint density at radius 2 is 1.76 bits per heavy atom. The van der Waals surface area contributed by atoms with Gasteiger partial charge in [-0.05, 0) is 36.4 Å². The van der Waals surface area contributed by atoms with E-state index in [-0.39, 0.29) is 38.8 Å². The number of nitrogens with one attached hydrogen (secondary N) is 3. The van der Waals surface area contributed by atoms with Crippen LogP contribution in [0.4, 0.5) is 36.2 Å². The highest BCUT2D eigenvalue weighted by molar-refractivity contribution is 6.35. The fraction of sp³-hybridized carbons (Fsp3) is 0.105. The topological polar surface area (TPSA) is 114 Å². The predicted octanol–water partition coefficient (Wildman–Crippen LogP) is 5.30. The molecule has 3 aromatic rings. The number of alkyl halides is 3. The van der Waals surface area contributed by atoms with Gasteiger partial charge in [0.1, 0.15) is 17.8 Å². The van der Waals surface area contributed by atoms with E-state index >= 15 is 0 Å². The number of hydrogen-bond donors (Lipinski definition) is 4. The SMILES string of the molecule is Nc1c(NNC(=O)COc2ccc(Cl)cc2Cl)ncnc1Nc1cc(C(F)(F)F)ccc1Cl. The van der Waals surface area contributed by atoms with Gasteiger partial charge in [0.2, 0.25) is 0 Å². The van der Waals surface area contributed by atoms with Crippen molar-refractivity contribution in [1.82, 2.24) is 15.4 Å². The number of benzene rings is 2. The lowest BCUT2D eigenvalue weighted by Gasteiger charge is -2.15. The fourth-order valence-corrected chi connectivity index (χ4v) is 3.05. The lowest BCUT2D eigenvalue weighted by Crippen LogP contribution is -2.34. The van der Waals surface area contributed by atoms with Crippen molar-refractivity contribution in [2.45, 2.75) is 6.18 Å². The standard InChI is InChI=1S/C19H14Cl3F3N6O2/c20-10-2-4-14(12(22)6-10)33-7-15(32)30-31-18-16(26)17(27-8-28-18)29-13-5-9(19(23,24)25)1-3-11(13)21/h1-6,8H,7,26H2,(H,30,32)(H2,27,28,29,31). The average molecular weight is 522 g/mol. The summed E-state index contributed by atoms with van der Waals surface area (Å²) in [6.07, 6.45) is -3.48. The van der Waals surface area contributed by atoms with Gasteiger partial charge in [0, 0.05) is 5.02 Å². The van der Waals surface area contributed by atoms with E-state index in [1.54, 1.807) is 6.07 Å². The van der Waals surface area contributed by atoms with Gasteiger partial charge in [-0.3, -0.25) is 15.6 Å². The number of nitrogen functional groups attached to an aromatic ring is 1. The van der Waals surface area contributed by atoms with Gasteiger partial charge in [0.25, 0.3) is 5.91 Å². The molecule has 33 heavy (non-hydrogen) atoms. The molecule has 0 fully saturated rings. The molecule has 174 valence electrons. The molecule has 5 N–H and O–H groups in total. The molecule has 0 saturated carbocycles. The number of carbonyl (C=O) groups is 1. The summed E-state index contributed by atoms with van der Waals surface area (Å²) in [5.41, 5.74) is 9.70. The minimum Gasteiger partial charge on any atom is -0.482 e. The van der Waals surface area contributed by atoms with E-state index < -0.39 is 24.3 Å². The van der Waals surface area contributed by atoms with Crippen LogP contribution in [0.25, 0.3) is 0 Å². The van der Waals surface area contributed by atoms with E-state index in [4.69, 9.17) is 45.3 Å². The van der Waals surface area contributed by atoms with Crippen LogP contribution in [0.5, 0.6) is 5.75 Å². The Bertz CT molecular complexity index is 1180. The molecule has 0 saturated heterocycles. The van der Waals surface area contributed by atoms with E-state index in [2.05, 4.69) is 26.1 Å². The molecule has 0 aliphatic rings. The van der Waals surface area contributed by atoms with Crippen LogP contribution in [0.1, 0.15) is 5.56 Å². The molecule has 1 heterocycles. The van der Waals surface area contributed by atoms with Gasteiger partial charge in [0.05, 0.1) is 21.3 Å². The van der Waals surface area contributed by atoms with Crippen molar-refractivity contribution in [2.75, 3.05) is 23.1 Å². The molecule has 0 bridgehead atoms. The molecule has 0 radical (unpaired) electrons. The van der Waals surface area contributed by atoms with Gasteiger partial charge >= 0.3 is 6.18 Å². The Hall–Kier alpha value is -3.15. The third kappa shape index (κ3) is 6.44. The van der Waals surface area contributed by atoms with Crippen molar-refractivity contribution >= 4 is 63.7 Å². The zero-order valence-electron chi connectivity index (χ0n) is 16.3. The van der Waals surface area contributed by atoms with Crippen molar-refractivity contribution in [3.05, 3.63) is 63.4 Å². The molecule has 1 amide bonds. The molecular formula is C19H14Cl3F3N6O2. The lowest BCUT2D eigenvalue weighted by atomic mass is 10.2. The van der Waals surface area contributed by atoms with E-state index in [0.717, 1.165) is 24.5 Å². The maximum Gasteiger partial charge on any atom is 0.416 e. The Morgan fingerprint density at radius 1 is 1.03 bits per heavy atom. The molecule has 0 aliphatic carbocycles. The van der Waals surface area contributed by atoms with Crippen molar-refractivity contribution in [3.8, 4) is 5.75 Å². The van der Waals surface area contributed by atoms with E-state index in [1.807, 2.05) is 0 Å². The third-order valence-corrected chi connectivity index (χ3v) is 4.86. The zero-order chi connectivity index (χ0) is 24.2. The summed E-state index contributed by atoms with van der Waals surface area (Å²) >= 11 is 17.7. The highest BCUT2D eigenvalue weighted by Gasteiger charge is 2.31. The molecule has 0 aliphatic heterocycles. The van der Waals surface area contributed by atoms with Crippen molar-refractivity contribution in [2.24, 2.45) is 0 Å². The molecule has 2 aromatic carbocycles. The van der Waals surface area contributed by atoms with Crippen LogP contribution in [-0.4, -0.2) is 22.5 Å². The first-order valence-corrected chi connectivity index (χ1v) is 10.0. The first-order chi connectivity index (χ1) is 15.5. The fourth-order valence-electron chi connectivity index (χ4n) is 2.42. The number of nitrogens with two attached hydrogens (primary N) is 1. The normalized spacial score (nSPS) is 11.1. The second-order valence-corrected chi connectivity index (χ2v) is 7.59. The minimum absolute atomic E-state index is 0.0156. The number of ether oxygens (including phenoxy) is 1. The van der Waals surface area contributed by atoms with Gasteiger partial charge in [-0.2, -0.15) is 13.2 Å². The van der Waals surface area contributed by atoms with Crippen molar-refractivity contribution < 1.29 is 22.7 Å². The monoisotopic (exact) mass is 520 g/mol. The van der Waals surface area contributed by atoms with E-state index in [0.29, 0.717) is 5.02 Å². The van der Waals surface area contributed by atoms with Crippen molar-refractivity contribution in [3.63, 3.8) is 0 Å². The van der Waals surface area contributed by atoms with E-state index in [1.165, 1.54) is 12.1 Å². The van der Waals surface area contributed by atoms with Crippen LogP contribution in [-0.2, 0) is 11.0 Å². The Balaban J connectivity index is 1.65.